The van der Waals surface area contributed by atoms with Gasteiger partial charge >= 0.3 is 6.18 Å². The number of sulfonamides is 1. The number of thiazole rings is 1. The van der Waals surface area contributed by atoms with Crippen LogP contribution in [0, 0.1) is 0 Å². The Morgan fingerprint density at radius 3 is 2.85 bits per heavy atom. The van der Waals surface area contributed by atoms with Crippen molar-refractivity contribution in [3.8, 4) is 0 Å². The molecule has 0 aliphatic carbocycles. The summed E-state index contributed by atoms with van der Waals surface area (Å²) in [5, 5.41) is 2.72. The van der Waals surface area contributed by atoms with E-state index in [9.17, 15) is 21.6 Å². The maximum atomic E-state index is 12.8. The molecule has 0 saturated carbocycles. The highest BCUT2D eigenvalue weighted by atomic mass is 32.2. The van der Waals surface area contributed by atoms with Crippen LogP contribution in [0.5, 0.6) is 0 Å². The normalized spacial score (nSPS) is 18.4. The zero-order valence-corrected chi connectivity index (χ0v) is 15.4. The van der Waals surface area contributed by atoms with Crippen LogP contribution in [0.25, 0.3) is 0 Å². The highest BCUT2D eigenvalue weighted by Gasteiger charge is 2.31. The molecule has 26 heavy (non-hydrogen) atoms. The molecule has 1 aromatic carbocycles. The van der Waals surface area contributed by atoms with Gasteiger partial charge in [0.15, 0.2) is 5.13 Å². The molecular formula is C16H18F3N3O2S2. The predicted octanol–water partition coefficient (Wildman–Crippen LogP) is 3.25. The molecule has 0 bridgehead atoms. The van der Waals surface area contributed by atoms with E-state index in [4.69, 9.17) is 0 Å². The van der Waals surface area contributed by atoms with Crippen LogP contribution in [0.2, 0.25) is 0 Å². The molecule has 0 spiro atoms. The second-order valence-corrected chi connectivity index (χ2v) is 8.79. The van der Waals surface area contributed by atoms with Gasteiger partial charge in [0.05, 0.1) is 11.3 Å². The van der Waals surface area contributed by atoms with E-state index in [1.807, 2.05) is 5.38 Å². The van der Waals surface area contributed by atoms with Crippen LogP contribution in [0.3, 0.4) is 0 Å². The first kappa shape index (κ1) is 19.1. The summed E-state index contributed by atoms with van der Waals surface area (Å²) in [7, 11) is -3.74. The Bertz CT molecular complexity index is 839. The Kier molecular flexibility index (Phi) is 5.54. The van der Waals surface area contributed by atoms with Gasteiger partial charge in [0, 0.05) is 30.7 Å². The van der Waals surface area contributed by atoms with Crippen molar-refractivity contribution >= 4 is 26.5 Å². The first-order valence-corrected chi connectivity index (χ1v) is 10.6. The maximum Gasteiger partial charge on any atom is 0.416 e. The molecule has 0 amide bonds. The summed E-state index contributed by atoms with van der Waals surface area (Å²) in [5.74, 6) is -0.485. The zero-order valence-electron chi connectivity index (χ0n) is 13.7. The SMILES string of the molecule is O=S(=O)(Cc1cccc(C(F)(F)F)c1)NCC1CCCN1c1nccs1. The fourth-order valence-electron chi connectivity index (χ4n) is 2.99. The van der Waals surface area contributed by atoms with Crippen LogP contribution in [-0.2, 0) is 22.0 Å². The topological polar surface area (TPSA) is 62.3 Å². The molecule has 5 nitrogen and oxygen atoms in total. The summed E-state index contributed by atoms with van der Waals surface area (Å²) < 4.78 is 65.4. The number of aromatic nitrogens is 1. The predicted molar refractivity (Wildman–Crippen MR) is 94.6 cm³/mol. The smallest absolute Gasteiger partial charge is 0.344 e. The van der Waals surface area contributed by atoms with Crippen LogP contribution in [0.15, 0.2) is 35.8 Å². The Labute approximate surface area is 153 Å². The standard InChI is InChI=1S/C16H18F3N3O2S2/c17-16(18,19)13-4-1-3-12(9-13)11-26(23,24)21-10-14-5-2-7-22(14)15-20-6-8-25-15/h1,3-4,6,8-9,14,21H,2,5,7,10-11H2. The van der Waals surface area contributed by atoms with Gasteiger partial charge in [-0.2, -0.15) is 13.2 Å². The lowest BCUT2D eigenvalue weighted by atomic mass is 10.1. The van der Waals surface area contributed by atoms with Crippen LogP contribution < -0.4 is 9.62 Å². The van der Waals surface area contributed by atoms with Gasteiger partial charge in [-0.1, -0.05) is 18.2 Å². The fourth-order valence-corrected chi connectivity index (χ4v) is 4.90. The lowest BCUT2D eigenvalue weighted by molar-refractivity contribution is -0.137. The lowest BCUT2D eigenvalue weighted by Gasteiger charge is -2.24. The quantitative estimate of drug-likeness (QED) is 0.802. The molecule has 1 aromatic heterocycles. The molecule has 1 unspecified atom stereocenters. The Hall–Kier alpha value is -1.65. The Balaban J connectivity index is 1.63. The summed E-state index contributed by atoms with van der Waals surface area (Å²) in [4.78, 5) is 6.32. The third-order valence-corrected chi connectivity index (χ3v) is 6.32. The van der Waals surface area contributed by atoms with Gasteiger partial charge in [0.1, 0.15) is 0 Å². The van der Waals surface area contributed by atoms with E-state index in [1.54, 1.807) is 6.20 Å². The number of hydrogen-bond donors (Lipinski definition) is 1. The third kappa shape index (κ3) is 4.74. The molecule has 3 rings (SSSR count). The molecule has 10 heteroatoms. The number of hydrogen-bond acceptors (Lipinski definition) is 5. The van der Waals surface area contributed by atoms with Crippen molar-refractivity contribution in [2.24, 2.45) is 0 Å². The second kappa shape index (κ2) is 7.53. The maximum absolute atomic E-state index is 12.8. The van der Waals surface area contributed by atoms with E-state index in [0.717, 1.165) is 36.7 Å². The van der Waals surface area contributed by atoms with E-state index in [-0.39, 0.29) is 18.2 Å². The van der Waals surface area contributed by atoms with Crippen LogP contribution in [0.4, 0.5) is 18.3 Å². The van der Waals surface area contributed by atoms with E-state index >= 15 is 0 Å². The number of benzene rings is 1. The van der Waals surface area contributed by atoms with Gasteiger partial charge in [0.2, 0.25) is 10.0 Å². The molecule has 1 aliphatic heterocycles. The first-order chi connectivity index (χ1) is 12.2. The number of anilines is 1. The van der Waals surface area contributed by atoms with Crippen molar-refractivity contribution in [3.05, 3.63) is 47.0 Å². The number of alkyl halides is 3. The molecule has 142 valence electrons. The van der Waals surface area contributed by atoms with Gasteiger partial charge < -0.3 is 4.90 Å². The first-order valence-electron chi connectivity index (χ1n) is 8.04. The van der Waals surface area contributed by atoms with E-state index < -0.39 is 27.5 Å². The summed E-state index contributed by atoms with van der Waals surface area (Å²) >= 11 is 1.49. The van der Waals surface area contributed by atoms with Gasteiger partial charge in [-0.25, -0.2) is 18.1 Å². The van der Waals surface area contributed by atoms with Crippen LogP contribution >= 0.6 is 11.3 Å². The molecule has 2 heterocycles. The summed E-state index contributed by atoms with van der Waals surface area (Å²) in [6.45, 7) is 1.02. The molecule has 2 aromatic rings. The third-order valence-electron chi connectivity index (χ3n) is 4.19. The van der Waals surface area contributed by atoms with Gasteiger partial charge in [-0.15, -0.1) is 11.3 Å². The number of nitrogens with zero attached hydrogens (tertiary/aromatic N) is 2. The summed E-state index contributed by atoms with van der Waals surface area (Å²) in [6.07, 6.45) is -1.01. The highest BCUT2D eigenvalue weighted by molar-refractivity contribution is 7.88. The van der Waals surface area contributed by atoms with Crippen molar-refractivity contribution in [1.29, 1.82) is 0 Å². The van der Waals surface area contributed by atoms with Crippen LogP contribution in [0.1, 0.15) is 24.0 Å². The van der Waals surface area contributed by atoms with Crippen LogP contribution in [-0.4, -0.2) is 32.5 Å². The molecule has 0 radical (unpaired) electrons. The Morgan fingerprint density at radius 1 is 1.35 bits per heavy atom. The lowest BCUT2D eigenvalue weighted by Crippen LogP contribution is -2.40. The summed E-state index contributed by atoms with van der Waals surface area (Å²) in [6, 6.07) is 4.39. The van der Waals surface area contributed by atoms with Crippen molar-refractivity contribution in [2.75, 3.05) is 18.0 Å². The molecule has 1 saturated heterocycles. The Morgan fingerprint density at radius 2 is 2.15 bits per heavy atom. The second-order valence-electron chi connectivity index (χ2n) is 6.11. The molecule has 1 fully saturated rings. The van der Waals surface area contributed by atoms with E-state index in [0.29, 0.717) is 0 Å². The van der Waals surface area contributed by atoms with Gasteiger partial charge in [-0.05, 0) is 24.5 Å². The van der Waals surface area contributed by atoms with Crippen molar-refractivity contribution in [2.45, 2.75) is 30.8 Å². The number of rotatable bonds is 6. The number of halogens is 3. The van der Waals surface area contributed by atoms with E-state index in [1.165, 1.54) is 23.5 Å². The zero-order chi connectivity index (χ0) is 18.8. The summed E-state index contributed by atoms with van der Waals surface area (Å²) in [5.41, 5.74) is -0.744. The average molecular weight is 405 g/mol. The van der Waals surface area contributed by atoms with Gasteiger partial charge in [-0.3, -0.25) is 0 Å². The largest absolute Gasteiger partial charge is 0.416 e. The monoisotopic (exact) mass is 405 g/mol. The molecule has 1 aliphatic rings. The minimum atomic E-state index is -4.49. The highest BCUT2D eigenvalue weighted by Crippen LogP contribution is 2.30. The van der Waals surface area contributed by atoms with Crippen molar-refractivity contribution in [3.63, 3.8) is 0 Å². The molecule has 1 atom stereocenters. The van der Waals surface area contributed by atoms with Crippen molar-refractivity contribution in [1.82, 2.24) is 9.71 Å². The fraction of sp³-hybridized carbons (Fsp3) is 0.438. The molecule has 1 N–H and O–H groups in total. The minimum absolute atomic E-state index is 0.00238. The van der Waals surface area contributed by atoms with Crippen molar-refractivity contribution < 1.29 is 21.6 Å². The average Bonchev–Trinajstić information content (AvgIpc) is 3.23. The van der Waals surface area contributed by atoms with E-state index in [2.05, 4.69) is 14.6 Å². The number of nitrogens with one attached hydrogen (secondary N) is 1. The minimum Gasteiger partial charge on any atom is -0.344 e. The van der Waals surface area contributed by atoms with Gasteiger partial charge in [0.25, 0.3) is 0 Å². The molecular weight excluding hydrogens is 387 g/mol.